The molecule has 0 saturated carbocycles. The Hall–Kier alpha value is -3.35. The Morgan fingerprint density at radius 1 is 1.05 bits per heavy atom. The number of nitrogens with zero attached hydrogens (tertiary/aromatic N) is 3. The van der Waals surface area contributed by atoms with Crippen molar-refractivity contribution < 1.29 is 14.7 Å². The zero-order valence-corrected chi connectivity index (χ0v) is 21.9. The van der Waals surface area contributed by atoms with Crippen LogP contribution in [0.4, 0.5) is 0 Å². The second-order valence-corrected chi connectivity index (χ2v) is 10.5. The number of likely N-dealkylation sites (tertiary alicyclic amines) is 1. The Morgan fingerprint density at radius 2 is 1.73 bits per heavy atom. The highest BCUT2D eigenvalue weighted by molar-refractivity contribution is 6.32. The molecule has 1 unspecified atom stereocenters. The van der Waals surface area contributed by atoms with Gasteiger partial charge in [-0.3, -0.25) is 9.59 Å². The smallest absolute Gasteiger partial charge is 0.314 e. The summed E-state index contributed by atoms with van der Waals surface area (Å²) >= 11 is 12.8. The van der Waals surface area contributed by atoms with Gasteiger partial charge in [0.2, 0.25) is 0 Å². The zero-order valence-electron chi connectivity index (χ0n) is 20.4. The monoisotopic (exact) mass is 535 g/mol. The van der Waals surface area contributed by atoms with E-state index in [1.807, 2.05) is 73.7 Å². The van der Waals surface area contributed by atoms with Gasteiger partial charge < -0.3 is 10.0 Å². The van der Waals surface area contributed by atoms with E-state index in [0.717, 1.165) is 22.4 Å². The summed E-state index contributed by atoms with van der Waals surface area (Å²) in [5.74, 6) is -1.08. The van der Waals surface area contributed by atoms with Crippen LogP contribution in [0, 0.1) is 6.92 Å². The van der Waals surface area contributed by atoms with E-state index in [2.05, 4.69) is 0 Å². The molecule has 2 aliphatic rings. The minimum atomic E-state index is -1.01. The lowest BCUT2D eigenvalue weighted by Gasteiger charge is -2.39. The van der Waals surface area contributed by atoms with Crippen molar-refractivity contribution >= 4 is 40.7 Å². The molecule has 37 heavy (non-hydrogen) atoms. The van der Waals surface area contributed by atoms with E-state index in [0.29, 0.717) is 48.8 Å². The highest BCUT2D eigenvalue weighted by Gasteiger charge is 2.44. The van der Waals surface area contributed by atoms with Crippen LogP contribution in [0.2, 0.25) is 5.02 Å². The summed E-state index contributed by atoms with van der Waals surface area (Å²) in [7, 11) is 0. The normalized spacial score (nSPS) is 18.9. The van der Waals surface area contributed by atoms with Gasteiger partial charge in [0.1, 0.15) is 0 Å². The third-order valence-corrected chi connectivity index (χ3v) is 8.01. The minimum Gasteiger partial charge on any atom is -0.481 e. The summed E-state index contributed by atoms with van der Waals surface area (Å²) in [6.07, 6.45) is 7.27. The van der Waals surface area contributed by atoms with Gasteiger partial charge in [0.05, 0.1) is 27.2 Å². The second-order valence-electron chi connectivity index (χ2n) is 9.50. The number of allylic oxidation sites excluding steroid dienone is 4. The number of carbonyl (C=O) groups excluding carboxylic acids is 1. The lowest BCUT2D eigenvalue weighted by atomic mass is 9.73. The number of carboxylic acid groups (broad SMARTS) is 1. The summed E-state index contributed by atoms with van der Waals surface area (Å²) in [5.41, 5.74) is 3.23. The summed E-state index contributed by atoms with van der Waals surface area (Å²) in [6, 6.07) is 16.7. The maximum atomic E-state index is 13.8. The Balaban J connectivity index is 1.49. The molecule has 1 saturated heterocycles. The maximum Gasteiger partial charge on any atom is 0.314 e. The lowest BCUT2D eigenvalue weighted by Crippen LogP contribution is -2.49. The first-order valence-electron chi connectivity index (χ1n) is 12.3. The summed E-state index contributed by atoms with van der Waals surface area (Å²) in [4.78, 5) is 27.8. The number of carbonyl (C=O) groups is 2. The van der Waals surface area contributed by atoms with Gasteiger partial charge in [-0.25, -0.2) is 4.68 Å². The number of hydrogen-bond acceptors (Lipinski definition) is 3. The molecule has 2 heterocycles. The molecule has 1 aliphatic carbocycles. The Morgan fingerprint density at radius 3 is 2.35 bits per heavy atom. The van der Waals surface area contributed by atoms with Crippen molar-refractivity contribution in [3.8, 4) is 5.69 Å². The molecular formula is C29H27Cl2N3O3. The number of alkyl halides is 1. The van der Waals surface area contributed by atoms with E-state index in [9.17, 15) is 14.7 Å². The molecule has 8 heteroatoms. The fraction of sp³-hybridized carbons (Fsp3) is 0.276. The van der Waals surface area contributed by atoms with E-state index in [1.165, 1.54) is 0 Å². The molecule has 1 aliphatic heterocycles. The molecule has 2 aromatic carbocycles. The van der Waals surface area contributed by atoms with E-state index in [1.54, 1.807) is 15.6 Å². The molecule has 1 atom stereocenters. The van der Waals surface area contributed by atoms with Crippen LogP contribution >= 0.6 is 23.2 Å². The van der Waals surface area contributed by atoms with Crippen LogP contribution in [-0.4, -0.2) is 50.1 Å². The molecule has 0 bridgehead atoms. The van der Waals surface area contributed by atoms with Gasteiger partial charge in [0, 0.05) is 18.7 Å². The topological polar surface area (TPSA) is 75.4 Å². The fourth-order valence-electron chi connectivity index (χ4n) is 5.23. The number of amides is 1. The predicted octanol–water partition coefficient (Wildman–Crippen LogP) is 6.04. The van der Waals surface area contributed by atoms with E-state index in [-0.39, 0.29) is 11.3 Å². The Kier molecular flexibility index (Phi) is 6.97. The zero-order chi connectivity index (χ0) is 26.2. The molecule has 6 nitrogen and oxygen atoms in total. The number of piperidine rings is 1. The van der Waals surface area contributed by atoms with Crippen LogP contribution in [0.25, 0.3) is 11.3 Å². The van der Waals surface area contributed by atoms with Gasteiger partial charge in [0.25, 0.3) is 5.91 Å². The minimum absolute atomic E-state index is 0.0747. The van der Waals surface area contributed by atoms with Crippen molar-refractivity contribution in [2.75, 3.05) is 13.1 Å². The molecule has 1 fully saturated rings. The quantitative estimate of drug-likeness (QED) is 0.404. The van der Waals surface area contributed by atoms with Crippen LogP contribution < -0.4 is 0 Å². The predicted molar refractivity (Wildman–Crippen MR) is 146 cm³/mol. The molecule has 0 spiro atoms. The van der Waals surface area contributed by atoms with Crippen molar-refractivity contribution in [2.45, 2.75) is 37.0 Å². The number of halogens is 2. The number of rotatable bonds is 5. The highest BCUT2D eigenvalue weighted by Crippen LogP contribution is 2.37. The van der Waals surface area contributed by atoms with E-state index in [4.69, 9.17) is 28.3 Å². The first-order chi connectivity index (χ1) is 17.8. The molecule has 190 valence electrons. The summed E-state index contributed by atoms with van der Waals surface area (Å²) in [5, 5.41) is 15.3. The van der Waals surface area contributed by atoms with Crippen molar-refractivity contribution in [3.63, 3.8) is 0 Å². The van der Waals surface area contributed by atoms with Gasteiger partial charge in [-0.15, -0.1) is 11.6 Å². The van der Waals surface area contributed by atoms with Crippen molar-refractivity contribution in [3.05, 3.63) is 100 Å². The van der Waals surface area contributed by atoms with Gasteiger partial charge >= 0.3 is 5.97 Å². The van der Waals surface area contributed by atoms with Gasteiger partial charge in [0.15, 0.2) is 5.69 Å². The van der Waals surface area contributed by atoms with Gasteiger partial charge in [-0.05, 0) is 49.5 Å². The molecule has 5 rings (SSSR count). The van der Waals surface area contributed by atoms with Crippen LogP contribution in [0.3, 0.4) is 0 Å². The molecule has 1 amide bonds. The molecular weight excluding hydrogens is 509 g/mol. The second kappa shape index (κ2) is 10.2. The Labute approximate surface area is 225 Å². The molecule has 1 aromatic heterocycles. The summed E-state index contributed by atoms with van der Waals surface area (Å²) < 4.78 is 1.73. The molecule has 3 aromatic rings. The van der Waals surface area contributed by atoms with Crippen LogP contribution in [0.15, 0.2) is 72.8 Å². The first-order valence-corrected chi connectivity index (χ1v) is 13.1. The third-order valence-electron chi connectivity index (χ3n) is 7.37. The first kappa shape index (κ1) is 25.3. The van der Waals surface area contributed by atoms with Crippen LogP contribution in [0.5, 0.6) is 0 Å². The SMILES string of the molecule is Cc1c(C(=O)N2CCC(C(=O)O)(c3ccccc3)CC2)nn(-c2ccccc2Cl)c1C1=CCC(Cl)C=C1. The number of aliphatic carboxylic acids is 1. The van der Waals surface area contributed by atoms with Gasteiger partial charge in [-0.2, -0.15) is 5.10 Å². The van der Waals surface area contributed by atoms with E-state index < -0.39 is 11.4 Å². The van der Waals surface area contributed by atoms with Crippen LogP contribution in [0.1, 0.15) is 46.6 Å². The average Bonchev–Trinajstić information content (AvgIpc) is 3.26. The highest BCUT2D eigenvalue weighted by atomic mass is 35.5. The van der Waals surface area contributed by atoms with Crippen molar-refractivity contribution in [1.82, 2.24) is 14.7 Å². The molecule has 0 radical (unpaired) electrons. The van der Waals surface area contributed by atoms with Crippen LogP contribution in [-0.2, 0) is 10.2 Å². The third kappa shape index (κ3) is 4.60. The summed E-state index contributed by atoms with van der Waals surface area (Å²) in [6.45, 7) is 2.54. The molecule has 1 N–H and O–H groups in total. The number of para-hydroxylation sites is 1. The number of aromatic nitrogens is 2. The van der Waals surface area contributed by atoms with Crippen molar-refractivity contribution in [2.24, 2.45) is 0 Å². The number of carboxylic acids is 1. The fourth-order valence-corrected chi connectivity index (χ4v) is 5.61. The Bertz CT molecular complexity index is 1400. The largest absolute Gasteiger partial charge is 0.481 e. The standard InChI is InChI=1S/C29H27Cl2N3O3/c1-19-25(27(35)33-17-15-29(16-18-33,28(36)37)21-7-3-2-4-8-21)32-34(24-10-6-5-9-23(24)31)26(19)20-11-13-22(30)14-12-20/h2-13,22H,14-18H2,1H3,(H,36,37). The average molecular weight is 536 g/mol. The number of benzene rings is 2. The maximum absolute atomic E-state index is 13.8. The van der Waals surface area contributed by atoms with E-state index >= 15 is 0 Å². The lowest BCUT2D eigenvalue weighted by molar-refractivity contribution is -0.145. The van der Waals surface area contributed by atoms with Gasteiger partial charge in [-0.1, -0.05) is 72.3 Å². The number of hydrogen-bond donors (Lipinski definition) is 1. The van der Waals surface area contributed by atoms with Crippen molar-refractivity contribution in [1.29, 1.82) is 0 Å².